The molecule has 0 aliphatic carbocycles. The number of hydrogen-bond donors (Lipinski definition) is 1. The Labute approximate surface area is 161 Å². The molecule has 0 saturated heterocycles. The highest BCUT2D eigenvalue weighted by Gasteiger charge is 2.17. The Bertz CT molecular complexity index is 858. The topological polar surface area (TPSA) is 66.5 Å². The van der Waals surface area contributed by atoms with Gasteiger partial charge in [0, 0.05) is 28.1 Å². The highest BCUT2D eigenvalue weighted by Crippen LogP contribution is 2.22. The van der Waals surface area contributed by atoms with Gasteiger partial charge in [0.25, 0.3) is 0 Å². The first-order chi connectivity index (χ1) is 11.8. The van der Waals surface area contributed by atoms with Gasteiger partial charge in [-0.05, 0) is 42.8 Å². The molecule has 0 aromatic heterocycles. The summed E-state index contributed by atoms with van der Waals surface area (Å²) in [6, 6.07) is 13.9. The van der Waals surface area contributed by atoms with Crippen LogP contribution in [0.3, 0.4) is 0 Å². The summed E-state index contributed by atoms with van der Waals surface area (Å²) >= 11 is 9.28. The van der Waals surface area contributed by atoms with Gasteiger partial charge in [0.15, 0.2) is 0 Å². The summed E-state index contributed by atoms with van der Waals surface area (Å²) in [7, 11) is -3.46. The molecule has 5 nitrogen and oxygen atoms in total. The normalized spacial score (nSPS) is 11.2. The van der Waals surface area contributed by atoms with E-state index in [-0.39, 0.29) is 18.9 Å². The number of hydrogen-bond acceptors (Lipinski definition) is 3. The van der Waals surface area contributed by atoms with Crippen molar-refractivity contribution < 1.29 is 13.2 Å². The van der Waals surface area contributed by atoms with Crippen molar-refractivity contribution in [3.63, 3.8) is 0 Å². The zero-order valence-electron chi connectivity index (χ0n) is 13.6. The summed E-state index contributed by atoms with van der Waals surface area (Å²) in [5.74, 6) is -0.169. The number of carbonyl (C=O) groups is 1. The van der Waals surface area contributed by atoms with Gasteiger partial charge in [-0.25, -0.2) is 8.42 Å². The molecule has 2 aromatic carbocycles. The van der Waals surface area contributed by atoms with Crippen molar-refractivity contribution in [2.75, 3.05) is 22.4 Å². The van der Waals surface area contributed by atoms with Gasteiger partial charge in [-0.3, -0.25) is 9.10 Å². The zero-order chi connectivity index (χ0) is 18.4. The Balaban J connectivity index is 1.96. The van der Waals surface area contributed by atoms with Crippen molar-refractivity contribution in [1.82, 2.24) is 0 Å². The number of sulfonamides is 1. The minimum Gasteiger partial charge on any atom is -0.326 e. The van der Waals surface area contributed by atoms with Crippen molar-refractivity contribution in [3.05, 3.63) is 58.0 Å². The van der Waals surface area contributed by atoms with E-state index in [0.29, 0.717) is 22.8 Å². The molecule has 134 valence electrons. The van der Waals surface area contributed by atoms with Gasteiger partial charge >= 0.3 is 0 Å². The van der Waals surface area contributed by atoms with Crippen molar-refractivity contribution >= 4 is 54.8 Å². The highest BCUT2D eigenvalue weighted by molar-refractivity contribution is 9.10. The molecule has 0 spiro atoms. The van der Waals surface area contributed by atoms with E-state index in [9.17, 15) is 13.2 Å². The van der Waals surface area contributed by atoms with E-state index < -0.39 is 10.0 Å². The second-order valence-electron chi connectivity index (χ2n) is 5.48. The lowest BCUT2D eigenvalue weighted by Gasteiger charge is -2.22. The lowest BCUT2D eigenvalue weighted by Crippen LogP contribution is -2.31. The molecule has 0 bridgehead atoms. The Hall–Kier alpha value is -1.57. The fraction of sp³-hybridized carbons (Fsp3) is 0.235. The maximum atomic E-state index is 12.0. The van der Waals surface area contributed by atoms with Gasteiger partial charge in [-0.15, -0.1) is 0 Å². The molecule has 0 aliphatic heterocycles. The summed E-state index contributed by atoms with van der Waals surface area (Å²) in [4.78, 5) is 12.0. The van der Waals surface area contributed by atoms with Gasteiger partial charge in [0.1, 0.15) is 0 Å². The van der Waals surface area contributed by atoms with E-state index in [4.69, 9.17) is 11.6 Å². The smallest absolute Gasteiger partial charge is 0.232 e. The molecule has 25 heavy (non-hydrogen) atoms. The molecule has 2 aromatic rings. The highest BCUT2D eigenvalue weighted by atomic mass is 79.9. The third-order valence-corrected chi connectivity index (χ3v) is 5.29. The maximum Gasteiger partial charge on any atom is 0.232 e. The van der Waals surface area contributed by atoms with Crippen LogP contribution in [0.1, 0.15) is 12.8 Å². The van der Waals surface area contributed by atoms with Gasteiger partial charge in [0.2, 0.25) is 15.9 Å². The van der Waals surface area contributed by atoms with Crippen LogP contribution in [0.2, 0.25) is 5.02 Å². The Morgan fingerprint density at radius 3 is 2.56 bits per heavy atom. The van der Waals surface area contributed by atoms with E-state index in [2.05, 4.69) is 21.2 Å². The first-order valence-electron chi connectivity index (χ1n) is 7.54. The first-order valence-corrected chi connectivity index (χ1v) is 10.6. The number of nitrogens with zero attached hydrogens (tertiary/aromatic N) is 1. The van der Waals surface area contributed by atoms with Crippen LogP contribution >= 0.6 is 27.5 Å². The van der Waals surface area contributed by atoms with Crippen LogP contribution in [0.25, 0.3) is 0 Å². The number of halogens is 2. The summed E-state index contributed by atoms with van der Waals surface area (Å²) in [5.41, 5.74) is 1.18. The van der Waals surface area contributed by atoms with Crippen LogP contribution < -0.4 is 9.62 Å². The SMILES string of the molecule is CS(=O)(=O)N(CCCC(=O)Nc1cccc(Br)c1)c1cccc(Cl)c1. The minimum atomic E-state index is -3.46. The molecule has 0 fully saturated rings. The number of rotatable bonds is 7. The van der Waals surface area contributed by atoms with Crippen molar-refractivity contribution in [1.29, 1.82) is 0 Å². The van der Waals surface area contributed by atoms with Crippen LogP contribution in [0, 0.1) is 0 Å². The van der Waals surface area contributed by atoms with E-state index in [0.717, 1.165) is 10.7 Å². The van der Waals surface area contributed by atoms with E-state index in [1.54, 1.807) is 36.4 Å². The lowest BCUT2D eigenvalue weighted by molar-refractivity contribution is -0.116. The average molecular weight is 446 g/mol. The molecule has 2 rings (SSSR count). The van der Waals surface area contributed by atoms with E-state index in [1.165, 1.54) is 4.31 Å². The average Bonchev–Trinajstić information content (AvgIpc) is 2.50. The van der Waals surface area contributed by atoms with Crippen molar-refractivity contribution in [2.24, 2.45) is 0 Å². The van der Waals surface area contributed by atoms with Gasteiger partial charge in [-0.2, -0.15) is 0 Å². The third kappa shape index (κ3) is 6.34. The van der Waals surface area contributed by atoms with Gasteiger partial charge in [-0.1, -0.05) is 39.7 Å². The van der Waals surface area contributed by atoms with Crippen molar-refractivity contribution in [3.8, 4) is 0 Å². The molecular formula is C17H18BrClN2O3S. The Morgan fingerprint density at radius 2 is 1.92 bits per heavy atom. The van der Waals surface area contributed by atoms with Crippen molar-refractivity contribution in [2.45, 2.75) is 12.8 Å². The summed E-state index contributed by atoms with van der Waals surface area (Å²) < 4.78 is 26.2. The summed E-state index contributed by atoms with van der Waals surface area (Å²) in [6.07, 6.45) is 1.73. The van der Waals surface area contributed by atoms with Gasteiger partial charge < -0.3 is 5.32 Å². The molecule has 0 aliphatic rings. The molecule has 0 saturated carbocycles. The second kappa shape index (κ2) is 8.69. The van der Waals surface area contributed by atoms with Gasteiger partial charge in [0.05, 0.1) is 11.9 Å². The number of carbonyl (C=O) groups excluding carboxylic acids is 1. The molecule has 0 atom stereocenters. The fourth-order valence-electron chi connectivity index (χ4n) is 2.29. The molecular weight excluding hydrogens is 428 g/mol. The second-order valence-corrected chi connectivity index (χ2v) is 8.74. The van der Waals surface area contributed by atoms with E-state index in [1.807, 2.05) is 12.1 Å². The van der Waals surface area contributed by atoms with Crippen LogP contribution in [0.4, 0.5) is 11.4 Å². The zero-order valence-corrected chi connectivity index (χ0v) is 16.7. The number of nitrogens with one attached hydrogen (secondary N) is 1. The molecule has 0 unspecified atom stereocenters. The lowest BCUT2D eigenvalue weighted by atomic mass is 10.2. The summed E-state index contributed by atoms with van der Waals surface area (Å²) in [6.45, 7) is 0.199. The number of amides is 1. The monoisotopic (exact) mass is 444 g/mol. The first kappa shape index (κ1) is 19.8. The molecule has 1 N–H and O–H groups in total. The Kier molecular flexibility index (Phi) is 6.87. The van der Waals surface area contributed by atoms with Crippen LogP contribution in [0.15, 0.2) is 53.0 Å². The predicted octanol–water partition coefficient (Wildman–Crippen LogP) is 4.29. The fourth-order valence-corrected chi connectivity index (χ4v) is 3.83. The van der Waals surface area contributed by atoms with Crippen LogP contribution in [0.5, 0.6) is 0 Å². The maximum absolute atomic E-state index is 12.0. The molecule has 8 heteroatoms. The Morgan fingerprint density at radius 1 is 1.20 bits per heavy atom. The molecule has 0 radical (unpaired) electrons. The van der Waals surface area contributed by atoms with Crippen LogP contribution in [-0.2, 0) is 14.8 Å². The largest absolute Gasteiger partial charge is 0.326 e. The quantitative estimate of drug-likeness (QED) is 0.691. The number of anilines is 2. The van der Waals surface area contributed by atoms with Crippen LogP contribution in [-0.4, -0.2) is 27.1 Å². The van der Waals surface area contributed by atoms with E-state index >= 15 is 0 Å². The standard InChI is InChI=1S/C17H18BrClN2O3S/c1-25(23,24)21(16-8-3-6-14(19)12-16)10-4-9-17(22)20-15-7-2-5-13(18)11-15/h2-3,5-8,11-12H,4,9-10H2,1H3,(H,20,22). The number of benzene rings is 2. The summed E-state index contributed by atoms with van der Waals surface area (Å²) in [5, 5.41) is 3.24. The molecule has 1 amide bonds. The minimum absolute atomic E-state index is 0.169. The third-order valence-electron chi connectivity index (χ3n) is 3.37. The molecule has 0 heterocycles. The predicted molar refractivity (Wildman–Crippen MR) is 106 cm³/mol.